The van der Waals surface area contributed by atoms with Gasteiger partial charge in [0.15, 0.2) is 0 Å². The fourth-order valence-electron chi connectivity index (χ4n) is 2.40. The highest BCUT2D eigenvalue weighted by molar-refractivity contribution is 6.32. The Morgan fingerprint density at radius 3 is 2.82 bits per heavy atom. The number of aromatic nitrogens is 1. The van der Waals surface area contributed by atoms with Crippen molar-refractivity contribution in [3.63, 3.8) is 0 Å². The molecule has 22 heavy (non-hydrogen) atoms. The number of fused-ring (bicyclic) bond motifs is 1. The van der Waals surface area contributed by atoms with E-state index in [9.17, 15) is 4.79 Å². The van der Waals surface area contributed by atoms with E-state index in [1.807, 2.05) is 31.2 Å². The van der Waals surface area contributed by atoms with Crippen LogP contribution in [0.25, 0.3) is 0 Å². The molecule has 2 heterocycles. The van der Waals surface area contributed by atoms with E-state index in [-0.39, 0.29) is 12.5 Å². The first-order valence-corrected chi connectivity index (χ1v) is 7.55. The second-order valence-corrected chi connectivity index (χ2v) is 5.83. The third-order valence-corrected chi connectivity index (χ3v) is 4.14. The Morgan fingerprint density at radius 1 is 1.27 bits per heavy atom. The highest BCUT2D eigenvalue weighted by Gasteiger charge is 2.37. The molecule has 1 aliphatic heterocycles. The van der Waals surface area contributed by atoms with Gasteiger partial charge < -0.3 is 9.47 Å². The Labute approximate surface area is 138 Å². The zero-order chi connectivity index (χ0) is 15.7. The second-order valence-electron chi connectivity index (χ2n) is 5.04. The molecule has 2 unspecified atom stereocenters. The zero-order valence-electron chi connectivity index (χ0n) is 11.8. The first-order chi connectivity index (χ1) is 10.6. The summed E-state index contributed by atoms with van der Waals surface area (Å²) in [5.41, 5.74) is 1.43. The van der Waals surface area contributed by atoms with Crippen molar-refractivity contribution in [2.75, 3.05) is 0 Å². The predicted molar refractivity (Wildman–Crippen MR) is 83.3 cm³/mol. The third kappa shape index (κ3) is 2.89. The largest absolute Gasteiger partial charge is 0.478 e. The molecular weight excluding hydrogens is 325 g/mol. The number of rotatable bonds is 3. The maximum absolute atomic E-state index is 12.2. The molecule has 0 radical (unpaired) electrons. The van der Waals surface area contributed by atoms with Crippen LogP contribution < -0.4 is 4.74 Å². The maximum atomic E-state index is 12.2. The summed E-state index contributed by atoms with van der Waals surface area (Å²) in [6.45, 7) is 1.89. The number of carbonyl (C=O) groups is 1. The van der Waals surface area contributed by atoms with Gasteiger partial charge >= 0.3 is 5.97 Å². The van der Waals surface area contributed by atoms with E-state index < -0.39 is 12.1 Å². The van der Waals surface area contributed by atoms with E-state index in [1.54, 1.807) is 12.1 Å². The molecule has 6 heteroatoms. The molecule has 4 nitrogen and oxygen atoms in total. The van der Waals surface area contributed by atoms with Crippen LogP contribution in [-0.4, -0.2) is 17.1 Å². The molecule has 1 aromatic heterocycles. The van der Waals surface area contributed by atoms with E-state index in [4.69, 9.17) is 32.7 Å². The van der Waals surface area contributed by atoms with Gasteiger partial charge in [0.05, 0.1) is 10.7 Å². The van der Waals surface area contributed by atoms with Crippen LogP contribution in [0.2, 0.25) is 10.2 Å². The summed E-state index contributed by atoms with van der Waals surface area (Å²) in [7, 11) is 0. The number of benzene rings is 1. The van der Waals surface area contributed by atoms with Crippen molar-refractivity contribution in [1.82, 2.24) is 4.98 Å². The predicted octanol–water partition coefficient (Wildman–Crippen LogP) is 4.00. The number of carbonyl (C=O) groups excluding carboxylic acids is 1. The van der Waals surface area contributed by atoms with Crippen LogP contribution in [0.1, 0.15) is 24.1 Å². The molecular formula is C16H13Cl2NO3. The molecule has 2 aromatic rings. The van der Waals surface area contributed by atoms with Crippen LogP contribution >= 0.6 is 23.2 Å². The van der Waals surface area contributed by atoms with E-state index in [0.29, 0.717) is 15.9 Å². The van der Waals surface area contributed by atoms with Crippen LogP contribution in [0.15, 0.2) is 36.4 Å². The summed E-state index contributed by atoms with van der Waals surface area (Å²) in [5, 5.41) is 0.703. The number of hydrogen-bond donors (Lipinski definition) is 0. The number of para-hydroxylation sites is 1. The van der Waals surface area contributed by atoms with Gasteiger partial charge in [-0.25, -0.2) is 9.78 Å². The third-order valence-electron chi connectivity index (χ3n) is 3.59. The number of halogens is 2. The molecule has 0 fully saturated rings. The van der Waals surface area contributed by atoms with E-state index in [1.165, 1.54) is 0 Å². The molecule has 3 rings (SSSR count). The van der Waals surface area contributed by atoms with Crippen LogP contribution in [0, 0.1) is 0 Å². The minimum absolute atomic E-state index is 0.0405. The summed E-state index contributed by atoms with van der Waals surface area (Å²) < 4.78 is 10.9. The lowest BCUT2D eigenvalue weighted by atomic mass is 9.98. The maximum Gasteiger partial charge on any atom is 0.348 e. The van der Waals surface area contributed by atoms with E-state index >= 15 is 0 Å². The number of esters is 1. The Bertz CT molecular complexity index is 720. The smallest absolute Gasteiger partial charge is 0.348 e. The fraction of sp³-hybridized carbons (Fsp3) is 0.250. The van der Waals surface area contributed by atoms with Gasteiger partial charge in [0, 0.05) is 11.5 Å². The zero-order valence-corrected chi connectivity index (χ0v) is 13.3. The summed E-state index contributed by atoms with van der Waals surface area (Å²) >= 11 is 11.8. The summed E-state index contributed by atoms with van der Waals surface area (Å²) in [5.74, 6) is 0.212. The minimum atomic E-state index is -0.657. The Morgan fingerprint density at radius 2 is 2.05 bits per heavy atom. The van der Waals surface area contributed by atoms with Crippen LogP contribution in [0.5, 0.6) is 5.75 Å². The van der Waals surface area contributed by atoms with Crippen LogP contribution in [0.4, 0.5) is 0 Å². The lowest BCUT2D eigenvalue weighted by molar-refractivity contribution is -0.153. The van der Waals surface area contributed by atoms with Gasteiger partial charge in [-0.3, -0.25) is 0 Å². The molecule has 1 aromatic carbocycles. The number of pyridine rings is 1. The normalized spacial score (nSPS) is 19.4. The lowest BCUT2D eigenvalue weighted by Gasteiger charge is -2.14. The van der Waals surface area contributed by atoms with Crippen molar-refractivity contribution in [2.45, 2.75) is 25.6 Å². The van der Waals surface area contributed by atoms with Gasteiger partial charge in [-0.15, -0.1) is 0 Å². The quantitative estimate of drug-likeness (QED) is 0.627. The first-order valence-electron chi connectivity index (χ1n) is 6.79. The minimum Gasteiger partial charge on any atom is -0.478 e. The van der Waals surface area contributed by atoms with Crippen molar-refractivity contribution >= 4 is 29.2 Å². The van der Waals surface area contributed by atoms with Crippen LogP contribution in [0.3, 0.4) is 0 Å². The molecule has 1 aliphatic rings. The monoisotopic (exact) mass is 337 g/mol. The van der Waals surface area contributed by atoms with Crippen molar-refractivity contribution < 1.29 is 14.3 Å². The van der Waals surface area contributed by atoms with Crippen molar-refractivity contribution in [3.05, 3.63) is 57.8 Å². The average Bonchev–Trinajstić information content (AvgIpc) is 2.85. The molecule has 0 amide bonds. The summed E-state index contributed by atoms with van der Waals surface area (Å²) in [6.07, 6.45) is -0.657. The second kappa shape index (κ2) is 6.15. The van der Waals surface area contributed by atoms with Gasteiger partial charge in [-0.05, 0) is 18.2 Å². The van der Waals surface area contributed by atoms with Crippen LogP contribution in [-0.2, 0) is 16.1 Å². The molecule has 114 valence electrons. The van der Waals surface area contributed by atoms with Gasteiger partial charge in [0.2, 0.25) is 6.10 Å². The Balaban J connectivity index is 1.68. The standard InChI is InChI=1S/C16H13Cl2NO3/c1-9-10-4-2-3-5-13(10)22-15(9)16(20)21-8-12-11(17)6-7-14(18)19-12/h2-7,9,15H,8H2,1H3. The van der Waals surface area contributed by atoms with Gasteiger partial charge in [-0.1, -0.05) is 48.3 Å². The van der Waals surface area contributed by atoms with Gasteiger partial charge in [0.25, 0.3) is 0 Å². The van der Waals surface area contributed by atoms with Crippen molar-refractivity contribution in [1.29, 1.82) is 0 Å². The fourth-order valence-corrected chi connectivity index (χ4v) is 2.72. The first kappa shape index (κ1) is 15.1. The lowest BCUT2D eigenvalue weighted by Crippen LogP contribution is -2.29. The van der Waals surface area contributed by atoms with Gasteiger partial charge in [-0.2, -0.15) is 0 Å². The van der Waals surface area contributed by atoms with Crippen molar-refractivity contribution in [3.8, 4) is 5.75 Å². The number of hydrogen-bond acceptors (Lipinski definition) is 4. The SMILES string of the molecule is CC1c2ccccc2OC1C(=O)OCc1nc(Cl)ccc1Cl. The Hall–Kier alpha value is -1.78. The summed E-state index contributed by atoms with van der Waals surface area (Å²) in [4.78, 5) is 16.3. The summed E-state index contributed by atoms with van der Waals surface area (Å²) in [6, 6.07) is 10.8. The topological polar surface area (TPSA) is 48.4 Å². The molecule has 0 N–H and O–H groups in total. The Kier molecular flexibility index (Phi) is 4.23. The molecule has 0 bridgehead atoms. The highest BCUT2D eigenvalue weighted by atomic mass is 35.5. The molecule has 0 saturated heterocycles. The van der Waals surface area contributed by atoms with E-state index in [2.05, 4.69) is 4.98 Å². The van der Waals surface area contributed by atoms with Crippen molar-refractivity contribution in [2.24, 2.45) is 0 Å². The highest BCUT2D eigenvalue weighted by Crippen LogP contribution is 2.38. The average molecular weight is 338 g/mol. The molecule has 0 saturated carbocycles. The molecule has 2 atom stereocenters. The molecule has 0 aliphatic carbocycles. The van der Waals surface area contributed by atoms with Gasteiger partial charge in [0.1, 0.15) is 17.5 Å². The molecule has 0 spiro atoms. The number of ether oxygens (including phenoxy) is 2. The van der Waals surface area contributed by atoms with E-state index in [0.717, 1.165) is 11.3 Å². The number of nitrogens with zero attached hydrogens (tertiary/aromatic N) is 1.